The van der Waals surface area contributed by atoms with Crippen LogP contribution in [0.1, 0.15) is 37.6 Å². The Kier molecular flexibility index (Phi) is 4.58. The van der Waals surface area contributed by atoms with E-state index in [0.717, 1.165) is 11.4 Å². The summed E-state index contributed by atoms with van der Waals surface area (Å²) in [5.41, 5.74) is 3.30. The minimum Gasteiger partial charge on any atom is -0.437 e. The number of hydrogen-bond donors (Lipinski definition) is 1. The lowest BCUT2D eigenvalue weighted by atomic mass is 9.85. The van der Waals surface area contributed by atoms with Gasteiger partial charge in [0.15, 0.2) is 0 Å². The van der Waals surface area contributed by atoms with Crippen molar-refractivity contribution in [3.63, 3.8) is 0 Å². The van der Waals surface area contributed by atoms with Crippen molar-refractivity contribution >= 4 is 0 Å². The molecule has 2 aromatic rings. The van der Waals surface area contributed by atoms with E-state index in [2.05, 4.69) is 49.0 Å². The zero-order valence-corrected chi connectivity index (χ0v) is 13.4. The van der Waals surface area contributed by atoms with Gasteiger partial charge in [0, 0.05) is 12.1 Å². The second-order valence-corrected chi connectivity index (χ2v) is 6.23. The number of hydrogen-bond acceptors (Lipinski definition) is 4. The summed E-state index contributed by atoms with van der Waals surface area (Å²) in [5.74, 6) is 1.35. The first-order chi connectivity index (χ1) is 9.90. The third kappa shape index (κ3) is 4.02. The van der Waals surface area contributed by atoms with Gasteiger partial charge in [0.25, 0.3) is 0 Å². The maximum absolute atomic E-state index is 5.93. The van der Waals surface area contributed by atoms with Crippen LogP contribution < -0.4 is 10.1 Å². The van der Waals surface area contributed by atoms with Crippen molar-refractivity contribution in [2.75, 3.05) is 7.05 Å². The summed E-state index contributed by atoms with van der Waals surface area (Å²) in [6, 6.07) is 6.21. The molecule has 0 fully saturated rings. The summed E-state index contributed by atoms with van der Waals surface area (Å²) in [4.78, 5) is 8.64. The van der Waals surface area contributed by atoms with Crippen molar-refractivity contribution in [3.05, 3.63) is 47.4 Å². The number of benzene rings is 1. The zero-order valence-electron chi connectivity index (χ0n) is 13.4. The molecule has 0 atom stereocenters. The van der Waals surface area contributed by atoms with Gasteiger partial charge in [0.2, 0.25) is 5.88 Å². The topological polar surface area (TPSA) is 47.0 Å². The molecule has 4 nitrogen and oxygen atoms in total. The van der Waals surface area contributed by atoms with E-state index < -0.39 is 0 Å². The van der Waals surface area contributed by atoms with Crippen molar-refractivity contribution in [1.82, 2.24) is 15.3 Å². The lowest BCUT2D eigenvalue weighted by Crippen LogP contribution is -2.13. The van der Waals surface area contributed by atoms with Crippen LogP contribution in [0.3, 0.4) is 0 Å². The molecule has 0 spiro atoms. The minimum absolute atomic E-state index is 0.0147. The smallest absolute Gasteiger partial charge is 0.237 e. The minimum atomic E-state index is 0.0147. The number of rotatable bonds is 4. The molecule has 0 aliphatic heterocycles. The first-order valence-electron chi connectivity index (χ1n) is 7.14. The highest BCUT2D eigenvalue weighted by molar-refractivity contribution is 5.42. The van der Waals surface area contributed by atoms with E-state index in [0.29, 0.717) is 12.4 Å². The van der Waals surface area contributed by atoms with Crippen molar-refractivity contribution < 1.29 is 4.74 Å². The van der Waals surface area contributed by atoms with Crippen LogP contribution in [-0.2, 0) is 12.0 Å². The molecule has 1 heterocycles. The lowest BCUT2D eigenvalue weighted by molar-refractivity contribution is 0.436. The van der Waals surface area contributed by atoms with Gasteiger partial charge in [-0.25, -0.2) is 4.98 Å². The second-order valence-electron chi connectivity index (χ2n) is 6.23. The van der Waals surface area contributed by atoms with Gasteiger partial charge in [-0.2, -0.15) is 0 Å². The molecule has 0 amide bonds. The van der Waals surface area contributed by atoms with Gasteiger partial charge in [-0.05, 0) is 25.5 Å². The summed E-state index contributed by atoms with van der Waals surface area (Å²) in [7, 11) is 1.88. The molecule has 2 rings (SSSR count). The van der Waals surface area contributed by atoms with Crippen LogP contribution >= 0.6 is 0 Å². The Bertz CT molecular complexity index is 600. The number of ether oxygens (including phenoxy) is 1. The fourth-order valence-electron chi connectivity index (χ4n) is 2.10. The zero-order chi connectivity index (χ0) is 15.5. The van der Waals surface area contributed by atoms with Gasteiger partial charge in [-0.1, -0.05) is 38.5 Å². The van der Waals surface area contributed by atoms with Crippen LogP contribution in [0.15, 0.2) is 30.6 Å². The largest absolute Gasteiger partial charge is 0.437 e. The lowest BCUT2D eigenvalue weighted by Gasteiger charge is -2.23. The van der Waals surface area contributed by atoms with Crippen LogP contribution in [0.2, 0.25) is 0 Å². The predicted octanol–water partition coefficient (Wildman–Crippen LogP) is 3.59. The van der Waals surface area contributed by atoms with Crippen LogP contribution in [0.25, 0.3) is 0 Å². The number of nitrogens with zero attached hydrogens (tertiary/aromatic N) is 2. The van der Waals surface area contributed by atoms with Crippen LogP contribution in [0, 0.1) is 6.92 Å². The van der Waals surface area contributed by atoms with Crippen LogP contribution in [0.4, 0.5) is 0 Å². The maximum Gasteiger partial charge on any atom is 0.237 e. The Hall–Kier alpha value is -1.94. The van der Waals surface area contributed by atoms with Crippen molar-refractivity contribution in [1.29, 1.82) is 0 Å². The number of aryl methyl sites for hydroxylation is 1. The molecule has 0 bridgehead atoms. The summed E-state index contributed by atoms with van der Waals surface area (Å²) in [5, 5.41) is 3.05. The molecule has 0 aliphatic carbocycles. The fraction of sp³-hybridized carbons (Fsp3) is 0.412. The standard InChI is InChI=1S/C17H23N3O/c1-12-6-7-15(14(8-12)17(2,3)4)21-16-11-19-13(9-18-5)10-20-16/h6-8,10-11,18H,9H2,1-5H3. The highest BCUT2D eigenvalue weighted by atomic mass is 16.5. The van der Waals surface area contributed by atoms with E-state index in [9.17, 15) is 0 Å². The average Bonchev–Trinajstić information content (AvgIpc) is 2.42. The van der Waals surface area contributed by atoms with E-state index in [1.807, 2.05) is 19.2 Å². The first-order valence-corrected chi connectivity index (χ1v) is 7.14. The monoisotopic (exact) mass is 285 g/mol. The fourth-order valence-corrected chi connectivity index (χ4v) is 2.10. The predicted molar refractivity (Wildman–Crippen MR) is 84.7 cm³/mol. The molecule has 0 aliphatic rings. The van der Waals surface area contributed by atoms with E-state index >= 15 is 0 Å². The van der Waals surface area contributed by atoms with Gasteiger partial charge >= 0.3 is 0 Å². The average molecular weight is 285 g/mol. The maximum atomic E-state index is 5.93. The summed E-state index contributed by atoms with van der Waals surface area (Å²) >= 11 is 0. The molecule has 0 saturated carbocycles. The summed E-state index contributed by atoms with van der Waals surface area (Å²) in [6.07, 6.45) is 3.40. The van der Waals surface area contributed by atoms with Crippen molar-refractivity contribution in [3.8, 4) is 11.6 Å². The number of nitrogens with one attached hydrogen (secondary N) is 1. The highest BCUT2D eigenvalue weighted by Gasteiger charge is 2.19. The Balaban J connectivity index is 2.27. The van der Waals surface area contributed by atoms with Gasteiger partial charge in [0.05, 0.1) is 18.1 Å². The van der Waals surface area contributed by atoms with Gasteiger partial charge in [0.1, 0.15) is 5.75 Å². The molecule has 21 heavy (non-hydrogen) atoms. The third-order valence-corrected chi connectivity index (χ3v) is 3.20. The molecule has 1 N–H and O–H groups in total. The van der Waals surface area contributed by atoms with E-state index in [4.69, 9.17) is 4.74 Å². The van der Waals surface area contributed by atoms with E-state index in [-0.39, 0.29) is 5.41 Å². The number of aromatic nitrogens is 2. The van der Waals surface area contributed by atoms with Gasteiger partial charge in [-0.3, -0.25) is 4.98 Å². The molecule has 0 unspecified atom stereocenters. The van der Waals surface area contributed by atoms with E-state index in [1.54, 1.807) is 12.4 Å². The van der Waals surface area contributed by atoms with Crippen molar-refractivity contribution in [2.24, 2.45) is 0 Å². The quantitative estimate of drug-likeness (QED) is 0.932. The molecule has 1 aromatic heterocycles. The van der Waals surface area contributed by atoms with Crippen LogP contribution in [-0.4, -0.2) is 17.0 Å². The molecule has 0 radical (unpaired) electrons. The molecule has 112 valence electrons. The Morgan fingerprint density at radius 1 is 1.14 bits per heavy atom. The van der Waals surface area contributed by atoms with Crippen LogP contribution in [0.5, 0.6) is 11.6 Å². The Morgan fingerprint density at radius 3 is 2.48 bits per heavy atom. The third-order valence-electron chi connectivity index (χ3n) is 3.20. The second kappa shape index (κ2) is 6.22. The SMILES string of the molecule is CNCc1cnc(Oc2ccc(C)cc2C(C)(C)C)cn1. The highest BCUT2D eigenvalue weighted by Crippen LogP contribution is 2.34. The summed E-state index contributed by atoms with van der Waals surface area (Å²) in [6.45, 7) is 9.32. The first kappa shape index (κ1) is 15.4. The molecule has 4 heteroatoms. The molecule has 0 saturated heterocycles. The molecule has 1 aromatic carbocycles. The van der Waals surface area contributed by atoms with E-state index in [1.165, 1.54) is 11.1 Å². The Labute approximate surface area is 126 Å². The van der Waals surface area contributed by atoms with Gasteiger partial charge < -0.3 is 10.1 Å². The van der Waals surface area contributed by atoms with Gasteiger partial charge in [-0.15, -0.1) is 0 Å². The van der Waals surface area contributed by atoms with Crippen molar-refractivity contribution in [2.45, 2.75) is 39.7 Å². The molecular formula is C17H23N3O. The normalized spacial score (nSPS) is 11.5. The summed E-state index contributed by atoms with van der Waals surface area (Å²) < 4.78 is 5.93. The Morgan fingerprint density at radius 2 is 1.90 bits per heavy atom. The molecular weight excluding hydrogens is 262 g/mol.